The molecule has 4 rings (SSSR count). The van der Waals surface area contributed by atoms with Gasteiger partial charge in [0.05, 0.1) is 31.3 Å². The van der Waals surface area contributed by atoms with Crippen LogP contribution in [0.25, 0.3) is 10.9 Å². The summed E-state index contributed by atoms with van der Waals surface area (Å²) >= 11 is 0. The molecule has 34 heavy (non-hydrogen) atoms. The van der Waals surface area contributed by atoms with E-state index in [1.807, 2.05) is 18.2 Å². The van der Waals surface area contributed by atoms with Crippen molar-refractivity contribution in [2.24, 2.45) is 5.10 Å². The monoisotopic (exact) mass is 463 g/mol. The average molecular weight is 464 g/mol. The summed E-state index contributed by atoms with van der Waals surface area (Å²) in [5.41, 5.74) is 1.23. The van der Waals surface area contributed by atoms with Gasteiger partial charge in [-0.15, -0.1) is 0 Å². The van der Waals surface area contributed by atoms with Crippen molar-refractivity contribution in [1.82, 2.24) is 9.66 Å². The fraction of sp³-hybridized carbons (Fsp3) is 0.385. The lowest BCUT2D eigenvalue weighted by Crippen LogP contribution is -2.25. The van der Waals surface area contributed by atoms with Crippen LogP contribution in [0.15, 0.2) is 52.4 Å². The first-order valence-corrected chi connectivity index (χ1v) is 11.5. The molecule has 0 radical (unpaired) electrons. The maximum atomic E-state index is 13.3. The van der Waals surface area contributed by atoms with Crippen LogP contribution in [0, 0.1) is 0 Å². The van der Waals surface area contributed by atoms with E-state index >= 15 is 0 Å². The maximum Gasteiger partial charge on any atom is 0.346 e. The van der Waals surface area contributed by atoms with E-state index < -0.39 is 12.1 Å². The average Bonchev–Trinajstić information content (AvgIpc) is 2.88. The SMILES string of the molecule is COC(=O)[C@H](C)Oc1ccc(C=Nn2c(C3CCCCC3)nc3ccccc3c2=O)cc1OC. The maximum absolute atomic E-state index is 13.3. The molecule has 0 aliphatic heterocycles. The van der Waals surface area contributed by atoms with Crippen LogP contribution in [0.4, 0.5) is 0 Å². The second-order valence-electron chi connectivity index (χ2n) is 8.38. The third-order valence-corrected chi connectivity index (χ3v) is 6.10. The van der Waals surface area contributed by atoms with Crippen LogP contribution in [0.1, 0.15) is 56.3 Å². The van der Waals surface area contributed by atoms with Gasteiger partial charge in [-0.1, -0.05) is 31.4 Å². The zero-order valence-electron chi connectivity index (χ0n) is 19.7. The molecule has 1 aromatic heterocycles. The van der Waals surface area contributed by atoms with Crippen molar-refractivity contribution in [1.29, 1.82) is 0 Å². The minimum absolute atomic E-state index is 0.179. The van der Waals surface area contributed by atoms with Gasteiger partial charge in [-0.3, -0.25) is 4.79 Å². The van der Waals surface area contributed by atoms with E-state index in [1.165, 1.54) is 25.3 Å². The number of fused-ring (bicyclic) bond motifs is 1. The Morgan fingerprint density at radius 2 is 1.88 bits per heavy atom. The third kappa shape index (κ3) is 4.95. The Hall–Kier alpha value is -3.68. The summed E-state index contributed by atoms with van der Waals surface area (Å²) in [5.74, 6) is 1.28. The molecule has 178 valence electrons. The molecule has 1 fully saturated rings. The standard InChI is InChI=1S/C26H29N3O5/c1-17(26(31)33-3)34-22-14-13-18(15-23(22)32-2)16-27-29-24(19-9-5-4-6-10-19)28-21-12-8-7-11-20(21)25(29)30/h7-8,11-17,19H,4-6,9-10H2,1-3H3/t17-/m0/s1. The van der Waals surface area contributed by atoms with E-state index in [1.54, 1.807) is 37.4 Å². The van der Waals surface area contributed by atoms with Gasteiger partial charge in [-0.25, -0.2) is 9.78 Å². The van der Waals surface area contributed by atoms with Crippen LogP contribution >= 0.6 is 0 Å². The van der Waals surface area contributed by atoms with Crippen molar-refractivity contribution < 1.29 is 19.0 Å². The number of carbonyl (C=O) groups excluding carboxylic acids is 1. The van der Waals surface area contributed by atoms with Crippen molar-refractivity contribution in [2.45, 2.75) is 51.0 Å². The predicted octanol–water partition coefficient (Wildman–Crippen LogP) is 4.28. The van der Waals surface area contributed by atoms with Crippen LogP contribution < -0.4 is 15.0 Å². The fourth-order valence-corrected chi connectivity index (χ4v) is 4.27. The minimum atomic E-state index is -0.779. The van der Waals surface area contributed by atoms with Crippen LogP contribution in [0.5, 0.6) is 11.5 Å². The van der Waals surface area contributed by atoms with E-state index in [0.29, 0.717) is 33.8 Å². The minimum Gasteiger partial charge on any atom is -0.493 e. The molecule has 1 saturated carbocycles. The lowest BCUT2D eigenvalue weighted by molar-refractivity contribution is -0.147. The Labute approximate surface area is 198 Å². The van der Waals surface area contributed by atoms with Crippen molar-refractivity contribution >= 4 is 23.1 Å². The van der Waals surface area contributed by atoms with Crippen LogP contribution in [0.3, 0.4) is 0 Å². The van der Waals surface area contributed by atoms with E-state index in [4.69, 9.17) is 19.2 Å². The number of benzene rings is 2. The van der Waals surface area contributed by atoms with Crippen LogP contribution in [-0.2, 0) is 9.53 Å². The molecule has 0 spiro atoms. The highest BCUT2D eigenvalue weighted by Crippen LogP contribution is 2.32. The third-order valence-electron chi connectivity index (χ3n) is 6.10. The van der Waals surface area contributed by atoms with Gasteiger partial charge in [-0.2, -0.15) is 9.78 Å². The summed E-state index contributed by atoms with van der Waals surface area (Å²) in [4.78, 5) is 29.8. The molecule has 0 bridgehead atoms. The summed E-state index contributed by atoms with van der Waals surface area (Å²) < 4.78 is 17.2. The molecule has 0 saturated heterocycles. The predicted molar refractivity (Wildman–Crippen MR) is 130 cm³/mol. The van der Waals surface area contributed by atoms with Gasteiger partial charge in [0.2, 0.25) is 0 Å². The van der Waals surface area contributed by atoms with Gasteiger partial charge >= 0.3 is 5.97 Å². The zero-order chi connectivity index (χ0) is 24.1. The number of carbonyl (C=O) groups is 1. The first kappa shape index (κ1) is 23.5. The van der Waals surface area contributed by atoms with Gasteiger partial charge in [0.1, 0.15) is 5.82 Å². The summed E-state index contributed by atoms with van der Waals surface area (Å²) in [6.45, 7) is 1.60. The topological polar surface area (TPSA) is 92.0 Å². The first-order valence-electron chi connectivity index (χ1n) is 11.5. The summed E-state index contributed by atoms with van der Waals surface area (Å²) in [6.07, 6.45) is 6.29. The van der Waals surface area contributed by atoms with E-state index in [2.05, 4.69) is 5.10 Å². The number of para-hydroxylation sites is 1. The Bertz CT molecular complexity index is 1260. The molecule has 0 unspecified atom stereocenters. The van der Waals surface area contributed by atoms with Crippen LogP contribution in [-0.4, -0.2) is 42.2 Å². The number of esters is 1. The molecular weight excluding hydrogens is 434 g/mol. The van der Waals surface area contributed by atoms with Crippen molar-refractivity contribution in [3.05, 3.63) is 64.2 Å². The molecule has 8 nitrogen and oxygen atoms in total. The van der Waals surface area contributed by atoms with Gasteiger partial charge in [-0.05, 0) is 55.7 Å². The number of methoxy groups -OCH3 is 2. The molecule has 2 aromatic carbocycles. The van der Waals surface area contributed by atoms with E-state index in [9.17, 15) is 9.59 Å². The van der Waals surface area contributed by atoms with Gasteiger partial charge in [0.15, 0.2) is 17.6 Å². The second-order valence-corrected chi connectivity index (χ2v) is 8.38. The fourth-order valence-electron chi connectivity index (χ4n) is 4.27. The number of ether oxygens (including phenoxy) is 3. The van der Waals surface area contributed by atoms with Crippen molar-refractivity contribution in [2.75, 3.05) is 14.2 Å². The Balaban J connectivity index is 1.69. The van der Waals surface area contributed by atoms with Crippen molar-refractivity contribution in [3.63, 3.8) is 0 Å². The molecule has 0 N–H and O–H groups in total. The summed E-state index contributed by atoms with van der Waals surface area (Å²) in [7, 11) is 2.83. The summed E-state index contributed by atoms with van der Waals surface area (Å²) in [5, 5.41) is 5.09. The largest absolute Gasteiger partial charge is 0.493 e. The number of hydrogen-bond donors (Lipinski definition) is 0. The van der Waals surface area contributed by atoms with Gasteiger partial charge < -0.3 is 14.2 Å². The number of nitrogens with zero attached hydrogens (tertiary/aromatic N) is 3. The molecule has 1 aliphatic carbocycles. The van der Waals surface area contributed by atoms with E-state index in [0.717, 1.165) is 25.7 Å². The number of hydrogen-bond acceptors (Lipinski definition) is 7. The highest BCUT2D eigenvalue weighted by Gasteiger charge is 2.22. The van der Waals surface area contributed by atoms with Gasteiger partial charge in [0, 0.05) is 5.92 Å². The zero-order valence-corrected chi connectivity index (χ0v) is 19.7. The Morgan fingerprint density at radius 3 is 2.62 bits per heavy atom. The number of rotatable bonds is 7. The highest BCUT2D eigenvalue weighted by atomic mass is 16.6. The lowest BCUT2D eigenvalue weighted by atomic mass is 9.88. The molecule has 1 atom stereocenters. The smallest absolute Gasteiger partial charge is 0.346 e. The first-order chi connectivity index (χ1) is 16.5. The van der Waals surface area contributed by atoms with Crippen LogP contribution in [0.2, 0.25) is 0 Å². The Morgan fingerprint density at radius 1 is 1.12 bits per heavy atom. The second kappa shape index (κ2) is 10.5. The molecule has 1 aliphatic rings. The normalized spacial score (nSPS) is 15.4. The molecule has 3 aromatic rings. The van der Waals surface area contributed by atoms with E-state index in [-0.39, 0.29) is 11.5 Å². The molecule has 1 heterocycles. The molecule has 0 amide bonds. The lowest BCUT2D eigenvalue weighted by Gasteiger charge is -2.22. The van der Waals surface area contributed by atoms with Crippen molar-refractivity contribution in [3.8, 4) is 11.5 Å². The Kier molecular flexibility index (Phi) is 7.25. The van der Waals surface area contributed by atoms with Gasteiger partial charge in [0.25, 0.3) is 5.56 Å². The molecular formula is C26H29N3O5. The quantitative estimate of drug-likeness (QED) is 0.384. The highest BCUT2D eigenvalue weighted by molar-refractivity contribution is 5.82. The number of aromatic nitrogens is 2. The summed E-state index contributed by atoms with van der Waals surface area (Å²) in [6, 6.07) is 12.6. The molecule has 8 heteroatoms.